The number of carboxylic acids is 1. The lowest BCUT2D eigenvalue weighted by Crippen LogP contribution is -2.15. The molecular formula is C14H16N2O3S. The van der Waals surface area contributed by atoms with Crippen molar-refractivity contribution in [1.82, 2.24) is 9.36 Å². The number of aromatic nitrogens is 2. The third kappa shape index (κ3) is 3.14. The van der Waals surface area contributed by atoms with Crippen LogP contribution in [-0.4, -0.2) is 27.5 Å². The Balaban J connectivity index is 2.28. The van der Waals surface area contributed by atoms with E-state index in [0.29, 0.717) is 29.4 Å². The predicted octanol–water partition coefficient (Wildman–Crippen LogP) is 2.52. The first-order chi connectivity index (χ1) is 9.65. The van der Waals surface area contributed by atoms with E-state index < -0.39 is 11.9 Å². The highest BCUT2D eigenvalue weighted by molar-refractivity contribution is 7.05. The van der Waals surface area contributed by atoms with E-state index >= 15 is 0 Å². The number of para-hydroxylation sites is 1. The molecule has 1 aromatic heterocycles. The largest absolute Gasteiger partial charge is 0.496 e. The fourth-order valence-corrected chi connectivity index (χ4v) is 2.75. The van der Waals surface area contributed by atoms with Gasteiger partial charge in [0.2, 0.25) is 0 Å². The number of methoxy groups -OCH3 is 1. The summed E-state index contributed by atoms with van der Waals surface area (Å²) in [5, 5.41) is 9.97. The molecule has 1 heterocycles. The van der Waals surface area contributed by atoms with E-state index in [4.69, 9.17) is 4.74 Å². The second-order valence-corrected chi connectivity index (χ2v) is 5.09. The fraction of sp³-hybridized carbons (Fsp3) is 0.357. The van der Waals surface area contributed by atoms with Crippen LogP contribution in [0.3, 0.4) is 0 Å². The summed E-state index contributed by atoms with van der Waals surface area (Å²) in [4.78, 5) is 15.8. The zero-order valence-electron chi connectivity index (χ0n) is 11.4. The topological polar surface area (TPSA) is 72.3 Å². The first kappa shape index (κ1) is 14.5. The molecule has 106 valence electrons. The molecule has 0 fully saturated rings. The van der Waals surface area contributed by atoms with Crippen molar-refractivity contribution in [3.8, 4) is 5.75 Å². The van der Waals surface area contributed by atoms with E-state index in [1.54, 1.807) is 7.11 Å². The van der Waals surface area contributed by atoms with Gasteiger partial charge in [0.05, 0.1) is 7.11 Å². The van der Waals surface area contributed by atoms with Gasteiger partial charge in [0.1, 0.15) is 22.5 Å². The van der Waals surface area contributed by atoms with Gasteiger partial charge in [-0.25, -0.2) is 4.98 Å². The molecular weight excluding hydrogens is 276 g/mol. The highest BCUT2D eigenvalue weighted by Crippen LogP contribution is 2.27. The molecule has 2 rings (SSSR count). The van der Waals surface area contributed by atoms with Gasteiger partial charge in [-0.05, 0) is 29.6 Å². The number of hydrogen-bond donors (Lipinski definition) is 1. The lowest BCUT2D eigenvalue weighted by atomic mass is 9.99. The standard InChI is InChI=1S/C14H16N2O3S/c1-3-12-15-13(20-16-12)10(14(17)18)8-9-6-4-5-7-11(9)19-2/h4-7,10H,3,8H2,1-2H3,(H,17,18). The maximum Gasteiger partial charge on any atom is 0.313 e. The third-order valence-electron chi connectivity index (χ3n) is 3.01. The molecule has 0 aliphatic carbocycles. The smallest absolute Gasteiger partial charge is 0.313 e. The minimum Gasteiger partial charge on any atom is -0.496 e. The highest BCUT2D eigenvalue weighted by atomic mass is 32.1. The number of aliphatic carboxylic acids is 1. The number of rotatable bonds is 6. The van der Waals surface area contributed by atoms with E-state index in [9.17, 15) is 9.90 Å². The second kappa shape index (κ2) is 6.47. The summed E-state index contributed by atoms with van der Waals surface area (Å²) < 4.78 is 9.42. The lowest BCUT2D eigenvalue weighted by molar-refractivity contribution is -0.138. The number of carbonyl (C=O) groups is 1. The molecule has 1 aromatic carbocycles. The summed E-state index contributed by atoms with van der Waals surface area (Å²) in [6.45, 7) is 1.95. The molecule has 2 aromatic rings. The molecule has 5 nitrogen and oxygen atoms in total. The Morgan fingerprint density at radius 1 is 1.45 bits per heavy atom. The Bertz CT molecular complexity index is 598. The monoisotopic (exact) mass is 292 g/mol. The summed E-state index contributed by atoms with van der Waals surface area (Å²) in [7, 11) is 1.58. The third-order valence-corrected chi connectivity index (χ3v) is 3.88. The average molecular weight is 292 g/mol. The number of nitrogens with zero attached hydrogens (tertiary/aromatic N) is 2. The molecule has 0 aliphatic heterocycles. The molecule has 20 heavy (non-hydrogen) atoms. The van der Waals surface area contributed by atoms with Gasteiger partial charge in [0.25, 0.3) is 0 Å². The van der Waals surface area contributed by atoms with Crippen molar-refractivity contribution in [3.63, 3.8) is 0 Å². The Labute approximate surface area is 121 Å². The van der Waals surface area contributed by atoms with Gasteiger partial charge in [-0.1, -0.05) is 25.1 Å². The lowest BCUT2D eigenvalue weighted by Gasteiger charge is -2.12. The molecule has 0 radical (unpaired) electrons. The van der Waals surface area contributed by atoms with E-state index in [1.165, 1.54) is 0 Å². The summed E-state index contributed by atoms with van der Waals surface area (Å²) in [5.74, 6) is -0.200. The molecule has 1 unspecified atom stereocenters. The van der Waals surface area contributed by atoms with E-state index in [2.05, 4.69) is 9.36 Å². The summed E-state index contributed by atoms with van der Waals surface area (Å²) >= 11 is 1.16. The molecule has 0 amide bonds. The van der Waals surface area contributed by atoms with Crippen molar-refractivity contribution in [2.75, 3.05) is 7.11 Å². The van der Waals surface area contributed by atoms with Crippen LogP contribution in [0, 0.1) is 0 Å². The van der Waals surface area contributed by atoms with Crippen LogP contribution in [0.15, 0.2) is 24.3 Å². The summed E-state index contributed by atoms with van der Waals surface area (Å²) in [6.07, 6.45) is 1.05. The Morgan fingerprint density at radius 2 is 2.20 bits per heavy atom. The minimum atomic E-state index is -0.894. The zero-order valence-corrected chi connectivity index (χ0v) is 12.2. The normalized spacial score (nSPS) is 12.1. The number of benzene rings is 1. The van der Waals surface area contributed by atoms with Gasteiger partial charge in [-0.3, -0.25) is 4.79 Å². The molecule has 1 N–H and O–H groups in total. The Hall–Kier alpha value is -1.95. The van der Waals surface area contributed by atoms with E-state index in [1.807, 2.05) is 31.2 Å². The number of hydrogen-bond acceptors (Lipinski definition) is 5. The SMILES string of the molecule is CCc1nsc(C(Cc2ccccc2OC)C(=O)O)n1. The molecule has 0 bridgehead atoms. The average Bonchev–Trinajstić information content (AvgIpc) is 2.93. The Morgan fingerprint density at radius 3 is 2.80 bits per heavy atom. The maximum absolute atomic E-state index is 11.5. The van der Waals surface area contributed by atoms with Crippen molar-refractivity contribution in [3.05, 3.63) is 40.7 Å². The van der Waals surface area contributed by atoms with Gasteiger partial charge in [0, 0.05) is 6.42 Å². The Kier molecular flexibility index (Phi) is 4.68. The molecule has 0 saturated carbocycles. The maximum atomic E-state index is 11.5. The molecule has 0 saturated heterocycles. The van der Waals surface area contributed by atoms with Crippen LogP contribution in [0.2, 0.25) is 0 Å². The van der Waals surface area contributed by atoms with Crippen LogP contribution in [0.5, 0.6) is 5.75 Å². The first-order valence-corrected chi connectivity index (χ1v) is 7.10. The van der Waals surface area contributed by atoms with Crippen LogP contribution in [0.4, 0.5) is 0 Å². The number of aryl methyl sites for hydroxylation is 1. The van der Waals surface area contributed by atoms with E-state index in [-0.39, 0.29) is 0 Å². The van der Waals surface area contributed by atoms with Gasteiger partial charge in [-0.2, -0.15) is 4.37 Å². The van der Waals surface area contributed by atoms with Crippen molar-refractivity contribution in [2.24, 2.45) is 0 Å². The van der Waals surface area contributed by atoms with Crippen molar-refractivity contribution < 1.29 is 14.6 Å². The van der Waals surface area contributed by atoms with Crippen LogP contribution in [0.25, 0.3) is 0 Å². The van der Waals surface area contributed by atoms with Crippen LogP contribution in [0.1, 0.15) is 29.2 Å². The molecule has 0 aliphatic rings. The number of carboxylic acid groups (broad SMARTS) is 1. The molecule has 1 atom stereocenters. The van der Waals surface area contributed by atoms with Gasteiger partial charge < -0.3 is 9.84 Å². The zero-order chi connectivity index (χ0) is 14.5. The van der Waals surface area contributed by atoms with Gasteiger partial charge in [-0.15, -0.1) is 0 Å². The molecule has 0 spiro atoms. The number of ether oxygens (including phenoxy) is 1. The van der Waals surface area contributed by atoms with Crippen LogP contribution >= 0.6 is 11.5 Å². The van der Waals surface area contributed by atoms with E-state index in [0.717, 1.165) is 17.1 Å². The van der Waals surface area contributed by atoms with Crippen molar-refractivity contribution in [2.45, 2.75) is 25.7 Å². The van der Waals surface area contributed by atoms with Gasteiger partial charge >= 0.3 is 5.97 Å². The second-order valence-electron chi connectivity index (χ2n) is 4.31. The minimum absolute atomic E-state index is 0.345. The van der Waals surface area contributed by atoms with Gasteiger partial charge in [0.15, 0.2) is 0 Å². The highest BCUT2D eigenvalue weighted by Gasteiger charge is 2.25. The summed E-state index contributed by atoms with van der Waals surface area (Å²) in [5.41, 5.74) is 0.857. The fourth-order valence-electron chi connectivity index (χ4n) is 1.92. The first-order valence-electron chi connectivity index (χ1n) is 6.32. The summed E-state index contributed by atoms with van der Waals surface area (Å²) in [6, 6.07) is 7.43. The van der Waals surface area contributed by atoms with Crippen molar-refractivity contribution in [1.29, 1.82) is 0 Å². The van der Waals surface area contributed by atoms with Crippen LogP contribution in [-0.2, 0) is 17.6 Å². The predicted molar refractivity (Wildman–Crippen MR) is 76.4 cm³/mol. The molecule has 6 heteroatoms. The van der Waals surface area contributed by atoms with Crippen molar-refractivity contribution >= 4 is 17.5 Å². The quantitative estimate of drug-likeness (QED) is 0.885. The van der Waals surface area contributed by atoms with Crippen LogP contribution < -0.4 is 4.74 Å².